The largest absolute Gasteiger partial charge is 0.463 e. The summed E-state index contributed by atoms with van der Waals surface area (Å²) in [6.07, 6.45) is 0.677. The maximum absolute atomic E-state index is 12.5. The van der Waals surface area contributed by atoms with Crippen LogP contribution in [0.25, 0.3) is 0 Å². The van der Waals surface area contributed by atoms with E-state index in [0.717, 1.165) is 12.2 Å². The summed E-state index contributed by atoms with van der Waals surface area (Å²) in [6, 6.07) is -0.493. The van der Waals surface area contributed by atoms with E-state index < -0.39 is 11.6 Å². The number of nitrogens with one attached hydrogen (secondary N) is 1. The molecule has 0 aromatic heterocycles. The lowest BCUT2D eigenvalue weighted by atomic mass is 10.0. The normalized spacial score (nSPS) is 17.7. The minimum Gasteiger partial charge on any atom is -0.463 e. The fourth-order valence-corrected chi connectivity index (χ4v) is 2.51. The second-order valence-corrected chi connectivity index (χ2v) is 7.56. The molecule has 138 valence electrons. The van der Waals surface area contributed by atoms with E-state index in [4.69, 9.17) is 9.47 Å². The molecule has 0 aromatic rings. The maximum atomic E-state index is 12.5. The van der Waals surface area contributed by atoms with Crippen LogP contribution < -0.4 is 5.32 Å². The van der Waals surface area contributed by atoms with Crippen LogP contribution in [0.3, 0.4) is 0 Å². The van der Waals surface area contributed by atoms with Crippen LogP contribution in [0, 0.1) is 5.92 Å². The maximum Gasteiger partial charge on any atom is 0.337 e. The molecule has 0 aliphatic carbocycles. The van der Waals surface area contributed by atoms with Crippen LogP contribution >= 0.6 is 0 Å². The van der Waals surface area contributed by atoms with Gasteiger partial charge in [-0.25, -0.2) is 9.59 Å². The molecule has 6 nitrogen and oxygen atoms in total. The zero-order valence-electron chi connectivity index (χ0n) is 16.1. The zero-order chi connectivity index (χ0) is 18.5. The van der Waals surface area contributed by atoms with Crippen LogP contribution in [0.4, 0.5) is 0 Å². The number of nitrogens with zero attached hydrogens (tertiary/aromatic N) is 1. The first-order chi connectivity index (χ1) is 11.0. The van der Waals surface area contributed by atoms with E-state index in [1.54, 1.807) is 6.92 Å². The predicted octanol–water partition coefficient (Wildman–Crippen LogP) is 2.09. The fourth-order valence-electron chi connectivity index (χ4n) is 2.51. The molecule has 6 heteroatoms. The standard InChI is InChI=1S/C18H32N2O4/c1-8-23-16(21)13-11-20(7)10-9-14(13)19-15(12(2)3)17(22)24-18(4,5)6/h12,15,19H,8-11H2,1-7H3/t15-/m1/s1. The van der Waals surface area contributed by atoms with E-state index in [1.807, 2.05) is 41.7 Å². The summed E-state index contributed by atoms with van der Waals surface area (Å²) in [5, 5.41) is 3.27. The van der Waals surface area contributed by atoms with Gasteiger partial charge in [0.2, 0.25) is 0 Å². The van der Waals surface area contributed by atoms with Crippen molar-refractivity contribution in [2.45, 2.75) is 59.6 Å². The average Bonchev–Trinajstić information content (AvgIpc) is 2.43. The van der Waals surface area contributed by atoms with Gasteiger partial charge in [0.15, 0.2) is 0 Å². The Bertz CT molecular complexity index is 492. The van der Waals surface area contributed by atoms with Crippen molar-refractivity contribution in [2.24, 2.45) is 5.92 Å². The monoisotopic (exact) mass is 340 g/mol. The van der Waals surface area contributed by atoms with E-state index in [-0.39, 0.29) is 17.9 Å². The number of hydrogen-bond acceptors (Lipinski definition) is 6. The van der Waals surface area contributed by atoms with Gasteiger partial charge < -0.3 is 19.7 Å². The highest BCUT2D eigenvalue weighted by molar-refractivity contribution is 5.90. The van der Waals surface area contributed by atoms with E-state index >= 15 is 0 Å². The Morgan fingerprint density at radius 2 is 1.92 bits per heavy atom. The predicted molar refractivity (Wildman–Crippen MR) is 93.4 cm³/mol. The van der Waals surface area contributed by atoms with Crippen LogP contribution in [0.1, 0.15) is 48.0 Å². The van der Waals surface area contributed by atoms with Crippen molar-refractivity contribution < 1.29 is 19.1 Å². The highest BCUT2D eigenvalue weighted by Gasteiger charge is 2.31. The van der Waals surface area contributed by atoms with E-state index in [9.17, 15) is 9.59 Å². The van der Waals surface area contributed by atoms with Gasteiger partial charge >= 0.3 is 11.9 Å². The molecule has 0 unspecified atom stereocenters. The fraction of sp³-hybridized carbons (Fsp3) is 0.778. The molecular formula is C18H32N2O4. The zero-order valence-corrected chi connectivity index (χ0v) is 16.1. The first kappa shape index (κ1) is 20.5. The van der Waals surface area contributed by atoms with Crippen molar-refractivity contribution >= 4 is 11.9 Å². The van der Waals surface area contributed by atoms with Gasteiger partial charge in [-0.15, -0.1) is 0 Å². The molecular weight excluding hydrogens is 308 g/mol. The van der Waals surface area contributed by atoms with E-state index in [2.05, 4.69) is 10.2 Å². The molecule has 1 aliphatic heterocycles. The van der Waals surface area contributed by atoms with Crippen molar-refractivity contribution in [3.05, 3.63) is 11.3 Å². The topological polar surface area (TPSA) is 67.9 Å². The summed E-state index contributed by atoms with van der Waals surface area (Å²) in [5.74, 6) is -0.583. The lowest BCUT2D eigenvalue weighted by molar-refractivity contribution is -0.158. The Morgan fingerprint density at radius 3 is 2.42 bits per heavy atom. The second kappa shape index (κ2) is 8.51. The summed E-state index contributed by atoms with van der Waals surface area (Å²) in [4.78, 5) is 26.8. The minimum atomic E-state index is -0.545. The molecule has 0 amide bonds. The average molecular weight is 340 g/mol. The Morgan fingerprint density at radius 1 is 1.29 bits per heavy atom. The Kier molecular flexibility index (Phi) is 7.27. The third-order valence-electron chi connectivity index (χ3n) is 3.71. The summed E-state index contributed by atoms with van der Waals surface area (Å²) >= 11 is 0. The van der Waals surface area contributed by atoms with Crippen molar-refractivity contribution in [2.75, 3.05) is 26.7 Å². The summed E-state index contributed by atoms with van der Waals surface area (Å²) < 4.78 is 10.7. The van der Waals surface area contributed by atoms with Gasteiger partial charge in [-0.3, -0.25) is 0 Å². The van der Waals surface area contributed by atoms with Gasteiger partial charge in [0.25, 0.3) is 0 Å². The van der Waals surface area contributed by atoms with Gasteiger partial charge in [0.05, 0.1) is 12.2 Å². The molecule has 24 heavy (non-hydrogen) atoms. The molecule has 1 N–H and O–H groups in total. The van der Waals surface area contributed by atoms with Crippen LogP contribution in [-0.4, -0.2) is 55.2 Å². The Balaban J connectivity index is 3.02. The number of hydrogen-bond donors (Lipinski definition) is 1. The third kappa shape index (κ3) is 6.15. The summed E-state index contributed by atoms with van der Waals surface area (Å²) in [6.45, 7) is 12.9. The molecule has 1 atom stereocenters. The van der Waals surface area contributed by atoms with Crippen LogP contribution in [0.15, 0.2) is 11.3 Å². The molecule has 0 fully saturated rings. The summed E-state index contributed by atoms with van der Waals surface area (Å²) in [5.41, 5.74) is 0.841. The van der Waals surface area contributed by atoms with Crippen LogP contribution in [0.2, 0.25) is 0 Å². The molecule has 1 heterocycles. The van der Waals surface area contributed by atoms with Crippen LogP contribution in [0.5, 0.6) is 0 Å². The number of likely N-dealkylation sites (N-methyl/N-ethyl adjacent to an activating group) is 1. The van der Waals surface area contributed by atoms with Gasteiger partial charge in [0, 0.05) is 25.2 Å². The molecule has 0 radical (unpaired) electrons. The molecule has 0 bridgehead atoms. The second-order valence-electron chi connectivity index (χ2n) is 7.56. The SMILES string of the molecule is CCOC(=O)C1=C(N[C@@H](C(=O)OC(C)(C)C)C(C)C)CCN(C)C1. The first-order valence-electron chi connectivity index (χ1n) is 8.62. The van der Waals surface area contributed by atoms with Gasteiger partial charge in [-0.1, -0.05) is 13.8 Å². The van der Waals surface area contributed by atoms with Crippen molar-refractivity contribution in [1.29, 1.82) is 0 Å². The molecule has 1 aliphatic rings. The molecule has 0 saturated heterocycles. The lowest BCUT2D eigenvalue weighted by Crippen LogP contribution is -2.46. The number of ether oxygens (including phenoxy) is 2. The van der Waals surface area contributed by atoms with Gasteiger partial charge in [-0.05, 0) is 40.7 Å². The van der Waals surface area contributed by atoms with E-state index in [1.165, 1.54) is 0 Å². The highest BCUT2D eigenvalue weighted by Crippen LogP contribution is 2.20. The summed E-state index contributed by atoms with van der Waals surface area (Å²) in [7, 11) is 1.96. The molecule has 0 saturated carbocycles. The lowest BCUT2D eigenvalue weighted by Gasteiger charge is -2.32. The van der Waals surface area contributed by atoms with Gasteiger partial charge in [0.1, 0.15) is 11.6 Å². The molecule has 1 rings (SSSR count). The number of rotatable bonds is 6. The Hall–Kier alpha value is -1.56. The number of carbonyl (C=O) groups is 2. The van der Waals surface area contributed by atoms with E-state index in [0.29, 0.717) is 25.1 Å². The van der Waals surface area contributed by atoms with Crippen LogP contribution in [-0.2, 0) is 19.1 Å². The van der Waals surface area contributed by atoms with Crippen molar-refractivity contribution in [3.63, 3.8) is 0 Å². The Labute approximate surface area is 145 Å². The number of esters is 2. The van der Waals surface area contributed by atoms with Gasteiger partial charge in [-0.2, -0.15) is 0 Å². The quantitative estimate of drug-likeness (QED) is 0.747. The van der Waals surface area contributed by atoms with Crippen molar-refractivity contribution in [1.82, 2.24) is 10.2 Å². The minimum absolute atomic E-state index is 0.0375. The first-order valence-corrected chi connectivity index (χ1v) is 8.62. The highest BCUT2D eigenvalue weighted by atomic mass is 16.6. The smallest absolute Gasteiger partial charge is 0.337 e. The third-order valence-corrected chi connectivity index (χ3v) is 3.71. The number of carbonyl (C=O) groups excluding carboxylic acids is 2. The van der Waals surface area contributed by atoms with Crippen molar-refractivity contribution in [3.8, 4) is 0 Å². The molecule has 0 spiro atoms. The molecule has 0 aromatic carbocycles.